The summed E-state index contributed by atoms with van der Waals surface area (Å²) < 4.78 is 7.36. The topological polar surface area (TPSA) is 56.1 Å². The first kappa shape index (κ1) is 16.6. The zero-order chi connectivity index (χ0) is 17.2. The fourth-order valence-corrected chi connectivity index (χ4v) is 2.84. The molecule has 2 aromatic rings. The highest BCUT2D eigenvalue weighted by Crippen LogP contribution is 2.23. The molecule has 5 nitrogen and oxygen atoms in total. The summed E-state index contributed by atoms with van der Waals surface area (Å²) in [7, 11) is 0. The molecule has 128 valence electrons. The van der Waals surface area contributed by atoms with Crippen molar-refractivity contribution in [1.82, 2.24) is 15.1 Å². The number of fused-ring (bicyclic) bond motifs is 1. The Bertz CT molecular complexity index is 688. The van der Waals surface area contributed by atoms with Crippen molar-refractivity contribution in [2.24, 2.45) is 0 Å². The second-order valence-corrected chi connectivity index (χ2v) is 7.25. The molecule has 1 amide bonds. The van der Waals surface area contributed by atoms with Gasteiger partial charge in [-0.25, -0.2) is 4.79 Å². The molecular weight excluding hydrogens is 302 g/mol. The van der Waals surface area contributed by atoms with Crippen LogP contribution in [0.15, 0.2) is 30.3 Å². The van der Waals surface area contributed by atoms with Gasteiger partial charge in [-0.15, -0.1) is 0 Å². The average Bonchev–Trinajstić information content (AvgIpc) is 2.96. The third kappa shape index (κ3) is 4.16. The van der Waals surface area contributed by atoms with Crippen molar-refractivity contribution in [3.8, 4) is 11.3 Å². The lowest BCUT2D eigenvalue weighted by Gasteiger charge is -2.19. The Kier molecular flexibility index (Phi) is 4.60. The van der Waals surface area contributed by atoms with Crippen molar-refractivity contribution in [1.29, 1.82) is 0 Å². The maximum Gasteiger partial charge on any atom is 0.407 e. The molecule has 3 rings (SSSR count). The lowest BCUT2D eigenvalue weighted by atomic mass is 10.1. The molecule has 0 bridgehead atoms. The molecule has 1 aromatic heterocycles. The van der Waals surface area contributed by atoms with E-state index in [1.54, 1.807) is 0 Å². The maximum atomic E-state index is 11.7. The third-order valence-corrected chi connectivity index (χ3v) is 4.00. The SMILES string of the molecule is CC(C)(C)OC(=O)NCc1ccc(-c2cc3n(n2)CCCC3)cc1. The van der Waals surface area contributed by atoms with E-state index in [1.807, 2.05) is 32.9 Å². The monoisotopic (exact) mass is 327 g/mol. The van der Waals surface area contributed by atoms with Crippen molar-refractivity contribution in [2.75, 3.05) is 0 Å². The third-order valence-electron chi connectivity index (χ3n) is 4.00. The van der Waals surface area contributed by atoms with Crippen molar-refractivity contribution in [3.05, 3.63) is 41.6 Å². The summed E-state index contributed by atoms with van der Waals surface area (Å²) in [4.78, 5) is 11.7. The highest BCUT2D eigenvalue weighted by molar-refractivity contribution is 5.67. The Hall–Kier alpha value is -2.30. The second-order valence-electron chi connectivity index (χ2n) is 7.25. The molecule has 24 heavy (non-hydrogen) atoms. The minimum atomic E-state index is -0.478. The van der Waals surface area contributed by atoms with Crippen molar-refractivity contribution >= 4 is 6.09 Å². The fourth-order valence-electron chi connectivity index (χ4n) is 2.84. The van der Waals surface area contributed by atoms with Gasteiger partial charge in [0.2, 0.25) is 0 Å². The molecule has 1 aliphatic rings. The van der Waals surface area contributed by atoms with E-state index in [9.17, 15) is 4.79 Å². The first-order chi connectivity index (χ1) is 11.4. The Balaban J connectivity index is 1.61. The maximum absolute atomic E-state index is 11.7. The Morgan fingerprint density at radius 2 is 2.00 bits per heavy atom. The lowest BCUT2D eigenvalue weighted by Crippen LogP contribution is -2.32. The first-order valence-electron chi connectivity index (χ1n) is 8.54. The van der Waals surface area contributed by atoms with Crippen LogP contribution >= 0.6 is 0 Å². The van der Waals surface area contributed by atoms with Gasteiger partial charge in [-0.05, 0) is 51.7 Å². The number of rotatable bonds is 3. The van der Waals surface area contributed by atoms with Gasteiger partial charge in [0.25, 0.3) is 0 Å². The van der Waals surface area contributed by atoms with Crippen LogP contribution < -0.4 is 5.32 Å². The number of nitrogens with zero attached hydrogens (tertiary/aromatic N) is 2. The number of amides is 1. The number of benzene rings is 1. The van der Waals surface area contributed by atoms with Crippen LogP contribution in [0.2, 0.25) is 0 Å². The number of hydrogen-bond acceptors (Lipinski definition) is 3. The van der Waals surface area contributed by atoms with Gasteiger partial charge in [0.1, 0.15) is 5.60 Å². The molecule has 1 aliphatic heterocycles. The highest BCUT2D eigenvalue weighted by Gasteiger charge is 2.16. The standard InChI is InChI=1S/C19H25N3O2/c1-19(2,3)24-18(23)20-13-14-7-9-15(10-8-14)17-12-16-6-4-5-11-22(16)21-17/h7-10,12H,4-6,11,13H2,1-3H3,(H,20,23). The number of aromatic nitrogens is 2. The molecule has 2 heterocycles. The Morgan fingerprint density at radius 1 is 1.25 bits per heavy atom. The summed E-state index contributed by atoms with van der Waals surface area (Å²) in [5.41, 5.74) is 4.02. The molecule has 0 fully saturated rings. The number of carbonyl (C=O) groups is 1. The smallest absolute Gasteiger partial charge is 0.407 e. The van der Waals surface area contributed by atoms with Crippen LogP contribution in [0.25, 0.3) is 11.3 Å². The largest absolute Gasteiger partial charge is 0.444 e. The summed E-state index contributed by atoms with van der Waals surface area (Å²) in [5.74, 6) is 0. The zero-order valence-electron chi connectivity index (χ0n) is 14.6. The molecule has 0 saturated carbocycles. The average molecular weight is 327 g/mol. The van der Waals surface area contributed by atoms with Crippen LogP contribution in [0.1, 0.15) is 44.9 Å². The van der Waals surface area contributed by atoms with E-state index in [4.69, 9.17) is 9.84 Å². The van der Waals surface area contributed by atoms with Crippen LogP contribution in [-0.4, -0.2) is 21.5 Å². The first-order valence-corrected chi connectivity index (χ1v) is 8.54. The predicted molar refractivity (Wildman–Crippen MR) is 93.7 cm³/mol. The van der Waals surface area contributed by atoms with E-state index in [-0.39, 0.29) is 0 Å². The fraction of sp³-hybridized carbons (Fsp3) is 0.474. The molecule has 0 saturated heterocycles. The molecule has 1 aromatic carbocycles. The predicted octanol–water partition coefficient (Wildman–Crippen LogP) is 3.91. The molecule has 1 N–H and O–H groups in total. The lowest BCUT2D eigenvalue weighted by molar-refractivity contribution is 0.0523. The van der Waals surface area contributed by atoms with Crippen molar-refractivity contribution in [2.45, 2.75) is 58.7 Å². The van der Waals surface area contributed by atoms with Crippen LogP contribution in [0.3, 0.4) is 0 Å². The summed E-state index contributed by atoms with van der Waals surface area (Å²) in [6.45, 7) is 7.03. The summed E-state index contributed by atoms with van der Waals surface area (Å²) in [6.07, 6.45) is 3.18. The zero-order valence-corrected chi connectivity index (χ0v) is 14.6. The number of hydrogen-bond donors (Lipinski definition) is 1. The van der Waals surface area contributed by atoms with E-state index < -0.39 is 11.7 Å². The van der Waals surface area contributed by atoms with E-state index in [0.29, 0.717) is 6.54 Å². The van der Waals surface area contributed by atoms with Crippen LogP contribution in [-0.2, 0) is 24.2 Å². The van der Waals surface area contributed by atoms with E-state index >= 15 is 0 Å². The number of aryl methyl sites for hydroxylation is 2. The van der Waals surface area contributed by atoms with Gasteiger partial charge in [0.15, 0.2) is 0 Å². The molecule has 5 heteroatoms. The van der Waals surface area contributed by atoms with Gasteiger partial charge in [-0.2, -0.15) is 5.10 Å². The van der Waals surface area contributed by atoms with Crippen LogP contribution in [0, 0.1) is 0 Å². The Labute approximate surface area is 143 Å². The van der Waals surface area contributed by atoms with E-state index in [1.165, 1.54) is 18.5 Å². The van der Waals surface area contributed by atoms with Gasteiger partial charge < -0.3 is 10.1 Å². The van der Waals surface area contributed by atoms with Gasteiger partial charge >= 0.3 is 6.09 Å². The van der Waals surface area contributed by atoms with Crippen molar-refractivity contribution in [3.63, 3.8) is 0 Å². The van der Waals surface area contributed by atoms with Crippen LogP contribution in [0.5, 0.6) is 0 Å². The molecule has 0 aliphatic carbocycles. The molecule has 0 unspecified atom stereocenters. The Morgan fingerprint density at radius 3 is 2.67 bits per heavy atom. The second kappa shape index (κ2) is 6.67. The van der Waals surface area contributed by atoms with E-state index in [2.05, 4.69) is 28.2 Å². The number of nitrogens with one attached hydrogen (secondary N) is 1. The van der Waals surface area contributed by atoms with Gasteiger partial charge in [-0.3, -0.25) is 4.68 Å². The molecular formula is C19H25N3O2. The van der Waals surface area contributed by atoms with Gasteiger partial charge in [0, 0.05) is 24.3 Å². The van der Waals surface area contributed by atoms with Gasteiger partial charge in [0.05, 0.1) is 5.69 Å². The number of alkyl carbamates (subject to hydrolysis) is 1. The number of carbonyl (C=O) groups excluding carboxylic acids is 1. The molecule has 0 atom stereocenters. The van der Waals surface area contributed by atoms with Crippen LogP contribution in [0.4, 0.5) is 4.79 Å². The molecule has 0 spiro atoms. The van der Waals surface area contributed by atoms with Crippen molar-refractivity contribution < 1.29 is 9.53 Å². The quantitative estimate of drug-likeness (QED) is 0.930. The molecule has 0 radical (unpaired) electrons. The normalized spacial score (nSPS) is 14.1. The summed E-state index contributed by atoms with van der Waals surface area (Å²) in [5, 5.41) is 7.47. The van der Waals surface area contributed by atoms with Gasteiger partial charge in [-0.1, -0.05) is 24.3 Å². The highest BCUT2D eigenvalue weighted by atomic mass is 16.6. The minimum absolute atomic E-state index is 0.395. The van der Waals surface area contributed by atoms with E-state index in [0.717, 1.165) is 29.8 Å². The summed E-state index contributed by atoms with van der Waals surface area (Å²) in [6, 6.07) is 10.3. The minimum Gasteiger partial charge on any atom is -0.444 e. The summed E-state index contributed by atoms with van der Waals surface area (Å²) >= 11 is 0. The number of ether oxygens (including phenoxy) is 1.